The highest BCUT2D eigenvalue weighted by Gasteiger charge is 1.87. The van der Waals surface area contributed by atoms with Crippen LogP contribution in [0.2, 0.25) is 0 Å². The van der Waals surface area contributed by atoms with E-state index in [9.17, 15) is 0 Å². The Labute approximate surface area is 67.8 Å². The SMILES string of the molecule is CCOCCOCCONC. The van der Waals surface area contributed by atoms with Crippen molar-refractivity contribution in [2.45, 2.75) is 6.92 Å². The van der Waals surface area contributed by atoms with Gasteiger partial charge in [-0.2, -0.15) is 0 Å². The molecule has 0 amide bonds. The zero-order chi connectivity index (χ0) is 8.36. The van der Waals surface area contributed by atoms with E-state index in [0.29, 0.717) is 26.4 Å². The van der Waals surface area contributed by atoms with Crippen LogP contribution in [-0.2, 0) is 14.3 Å². The largest absolute Gasteiger partial charge is 0.379 e. The van der Waals surface area contributed by atoms with E-state index >= 15 is 0 Å². The van der Waals surface area contributed by atoms with Gasteiger partial charge in [0.25, 0.3) is 0 Å². The van der Waals surface area contributed by atoms with Gasteiger partial charge in [0.1, 0.15) is 0 Å². The molecule has 0 aromatic carbocycles. The third kappa shape index (κ3) is 9.84. The predicted molar refractivity (Wildman–Crippen MR) is 42.3 cm³/mol. The van der Waals surface area contributed by atoms with E-state index in [0.717, 1.165) is 6.61 Å². The molecule has 0 atom stereocenters. The van der Waals surface area contributed by atoms with Gasteiger partial charge in [0, 0.05) is 13.7 Å². The number of nitrogens with one attached hydrogen (secondary N) is 1. The van der Waals surface area contributed by atoms with Crippen molar-refractivity contribution in [2.24, 2.45) is 0 Å². The molecule has 0 saturated carbocycles. The highest BCUT2D eigenvalue weighted by atomic mass is 16.7. The monoisotopic (exact) mass is 163 g/mol. The van der Waals surface area contributed by atoms with Gasteiger partial charge < -0.3 is 9.47 Å². The minimum atomic E-state index is 0.572. The lowest BCUT2D eigenvalue weighted by molar-refractivity contribution is -0.00985. The molecule has 4 nitrogen and oxygen atoms in total. The van der Waals surface area contributed by atoms with E-state index in [1.54, 1.807) is 7.05 Å². The molecule has 0 fully saturated rings. The Kier molecular flexibility index (Phi) is 9.70. The van der Waals surface area contributed by atoms with Crippen molar-refractivity contribution in [1.82, 2.24) is 5.48 Å². The molecule has 0 aliphatic heterocycles. The van der Waals surface area contributed by atoms with Gasteiger partial charge in [0.15, 0.2) is 0 Å². The summed E-state index contributed by atoms with van der Waals surface area (Å²) >= 11 is 0. The molecule has 0 aliphatic rings. The quantitative estimate of drug-likeness (QED) is 0.409. The number of hydroxylamine groups is 1. The van der Waals surface area contributed by atoms with Crippen LogP contribution in [-0.4, -0.2) is 40.1 Å². The summed E-state index contributed by atoms with van der Waals surface area (Å²) in [7, 11) is 1.72. The molecule has 1 N–H and O–H groups in total. The van der Waals surface area contributed by atoms with Crippen molar-refractivity contribution in [2.75, 3.05) is 40.1 Å². The summed E-state index contributed by atoms with van der Waals surface area (Å²) in [6.07, 6.45) is 0. The molecule has 0 bridgehead atoms. The van der Waals surface area contributed by atoms with E-state index in [1.165, 1.54) is 0 Å². The van der Waals surface area contributed by atoms with Gasteiger partial charge in [-0.25, -0.2) is 5.48 Å². The van der Waals surface area contributed by atoms with Crippen molar-refractivity contribution in [3.05, 3.63) is 0 Å². The summed E-state index contributed by atoms with van der Waals surface area (Å²) in [5.74, 6) is 0. The average molecular weight is 163 g/mol. The van der Waals surface area contributed by atoms with Crippen molar-refractivity contribution >= 4 is 0 Å². The minimum Gasteiger partial charge on any atom is -0.379 e. The van der Waals surface area contributed by atoms with Crippen molar-refractivity contribution in [3.8, 4) is 0 Å². The summed E-state index contributed by atoms with van der Waals surface area (Å²) < 4.78 is 10.2. The van der Waals surface area contributed by atoms with Gasteiger partial charge >= 0.3 is 0 Å². The zero-order valence-electron chi connectivity index (χ0n) is 7.26. The van der Waals surface area contributed by atoms with Gasteiger partial charge in [-0.05, 0) is 6.92 Å². The Bertz CT molecular complexity index is 62.7. The van der Waals surface area contributed by atoms with Gasteiger partial charge in [0.05, 0.1) is 26.4 Å². The first-order chi connectivity index (χ1) is 5.41. The smallest absolute Gasteiger partial charge is 0.0915 e. The second-order valence-electron chi connectivity index (χ2n) is 1.86. The Morgan fingerprint density at radius 1 is 1.00 bits per heavy atom. The topological polar surface area (TPSA) is 39.7 Å². The number of ether oxygens (including phenoxy) is 2. The lowest BCUT2D eigenvalue weighted by Crippen LogP contribution is -2.14. The van der Waals surface area contributed by atoms with E-state index in [1.807, 2.05) is 6.92 Å². The zero-order valence-corrected chi connectivity index (χ0v) is 7.26. The summed E-state index contributed by atoms with van der Waals surface area (Å²) in [5, 5.41) is 0. The molecule has 68 valence electrons. The fourth-order valence-electron chi connectivity index (χ4n) is 0.567. The van der Waals surface area contributed by atoms with Crippen LogP contribution in [0.15, 0.2) is 0 Å². The average Bonchev–Trinajstić information content (AvgIpc) is 2.03. The van der Waals surface area contributed by atoms with E-state index in [2.05, 4.69) is 5.48 Å². The third-order valence-electron chi connectivity index (χ3n) is 1.05. The summed E-state index contributed by atoms with van der Waals surface area (Å²) in [6, 6.07) is 0. The van der Waals surface area contributed by atoms with Crippen LogP contribution in [0, 0.1) is 0 Å². The molecular formula is C7H17NO3. The first-order valence-corrected chi connectivity index (χ1v) is 3.85. The molecule has 0 aliphatic carbocycles. The molecule has 0 heterocycles. The maximum Gasteiger partial charge on any atom is 0.0915 e. The van der Waals surface area contributed by atoms with Gasteiger partial charge in [-0.3, -0.25) is 4.84 Å². The van der Waals surface area contributed by atoms with Crippen LogP contribution in [0.25, 0.3) is 0 Å². The van der Waals surface area contributed by atoms with Crippen molar-refractivity contribution < 1.29 is 14.3 Å². The van der Waals surface area contributed by atoms with E-state index < -0.39 is 0 Å². The second kappa shape index (κ2) is 9.84. The minimum absolute atomic E-state index is 0.572. The lowest BCUT2D eigenvalue weighted by atomic mass is 10.7. The fourth-order valence-corrected chi connectivity index (χ4v) is 0.567. The standard InChI is InChI=1S/C7H17NO3/c1-3-9-4-5-10-6-7-11-8-2/h8H,3-7H2,1-2H3. The maximum absolute atomic E-state index is 5.15. The highest BCUT2D eigenvalue weighted by molar-refractivity contribution is 4.29. The second-order valence-corrected chi connectivity index (χ2v) is 1.86. The molecule has 0 unspecified atom stereocenters. The fraction of sp³-hybridized carbons (Fsp3) is 1.00. The molecule has 0 radical (unpaired) electrons. The molecular weight excluding hydrogens is 146 g/mol. The Morgan fingerprint density at radius 2 is 1.64 bits per heavy atom. The van der Waals surface area contributed by atoms with Gasteiger partial charge in [-0.15, -0.1) is 0 Å². The number of rotatable bonds is 8. The summed E-state index contributed by atoms with van der Waals surface area (Å²) in [6.45, 7) is 5.19. The summed E-state index contributed by atoms with van der Waals surface area (Å²) in [5.41, 5.74) is 2.56. The first kappa shape index (κ1) is 10.8. The molecule has 0 aromatic heterocycles. The van der Waals surface area contributed by atoms with Crippen LogP contribution in [0.5, 0.6) is 0 Å². The number of hydrogen-bond donors (Lipinski definition) is 1. The first-order valence-electron chi connectivity index (χ1n) is 3.85. The van der Waals surface area contributed by atoms with Crippen LogP contribution in [0.4, 0.5) is 0 Å². The van der Waals surface area contributed by atoms with Gasteiger partial charge in [0.2, 0.25) is 0 Å². The van der Waals surface area contributed by atoms with Crippen LogP contribution >= 0.6 is 0 Å². The summed E-state index contributed by atoms with van der Waals surface area (Å²) in [4.78, 5) is 4.82. The Balaban J connectivity index is 2.69. The Morgan fingerprint density at radius 3 is 2.27 bits per heavy atom. The molecule has 0 spiro atoms. The number of hydrogen-bond acceptors (Lipinski definition) is 4. The predicted octanol–water partition coefficient (Wildman–Crippen LogP) is 0.190. The maximum atomic E-state index is 5.15. The molecule has 11 heavy (non-hydrogen) atoms. The van der Waals surface area contributed by atoms with Crippen molar-refractivity contribution in [1.29, 1.82) is 0 Å². The Hall–Kier alpha value is -0.160. The highest BCUT2D eigenvalue weighted by Crippen LogP contribution is 1.78. The van der Waals surface area contributed by atoms with E-state index in [-0.39, 0.29) is 0 Å². The van der Waals surface area contributed by atoms with Gasteiger partial charge in [-0.1, -0.05) is 0 Å². The molecule has 0 rings (SSSR count). The molecule has 0 saturated heterocycles. The van der Waals surface area contributed by atoms with Crippen LogP contribution in [0.3, 0.4) is 0 Å². The normalized spacial score (nSPS) is 10.4. The van der Waals surface area contributed by atoms with Crippen molar-refractivity contribution in [3.63, 3.8) is 0 Å². The molecule has 0 aromatic rings. The third-order valence-corrected chi connectivity index (χ3v) is 1.05. The van der Waals surface area contributed by atoms with E-state index in [4.69, 9.17) is 14.3 Å². The van der Waals surface area contributed by atoms with Crippen LogP contribution in [0.1, 0.15) is 6.92 Å². The molecule has 4 heteroatoms. The van der Waals surface area contributed by atoms with Crippen LogP contribution < -0.4 is 5.48 Å². The lowest BCUT2D eigenvalue weighted by Gasteiger charge is -2.03.